The highest BCUT2D eigenvalue weighted by molar-refractivity contribution is 8.01. The van der Waals surface area contributed by atoms with Gasteiger partial charge in [0.15, 0.2) is 16.6 Å². The Morgan fingerprint density at radius 3 is 0.920 bits per heavy atom. The van der Waals surface area contributed by atoms with Crippen LogP contribution in [-0.4, -0.2) is 16.6 Å². The lowest BCUT2D eigenvalue weighted by molar-refractivity contribution is -0.121. The van der Waals surface area contributed by atoms with E-state index in [2.05, 4.69) is 0 Å². The summed E-state index contributed by atoms with van der Waals surface area (Å²) in [6.45, 7) is 0. The van der Waals surface area contributed by atoms with Crippen molar-refractivity contribution in [3.05, 3.63) is 0 Å². The maximum Gasteiger partial charge on any atom is 0.172 e. The fraction of sp³-hybridized carbons (Fsp3) is 0.857. The molecule has 0 aromatic heterocycles. The second-order valence-corrected chi connectivity index (χ2v) is 10.3. The monoisotopic (exact) mass is 364 g/mol. The normalized spacial score (nSPS) is 24.4. The fourth-order valence-electron chi connectivity index (χ4n) is 4.92. The molecule has 25 heavy (non-hydrogen) atoms. The SMILES string of the molecule is O=C(C1CCCCC1)P(C(=O)C1CCCCC1)C(=O)C1CCCCC1. The molecule has 4 heteroatoms. The minimum absolute atomic E-state index is 0.0139. The molecule has 0 radical (unpaired) electrons. The van der Waals surface area contributed by atoms with Crippen molar-refractivity contribution in [2.75, 3.05) is 0 Å². The third-order valence-corrected chi connectivity index (χ3v) is 8.94. The van der Waals surface area contributed by atoms with Gasteiger partial charge in [-0.05, 0) is 38.5 Å². The standard InChI is InChI=1S/C21H33O3P/c22-19(16-10-4-1-5-11-16)25(20(23)17-12-6-2-7-13-17)21(24)18-14-8-3-9-15-18/h16-18H,1-15H2. The summed E-state index contributed by atoms with van der Waals surface area (Å²) in [6.07, 6.45) is 15.4. The molecule has 0 spiro atoms. The quantitative estimate of drug-likeness (QED) is 0.561. The van der Waals surface area contributed by atoms with Crippen LogP contribution in [0.1, 0.15) is 96.3 Å². The Morgan fingerprint density at radius 1 is 0.440 bits per heavy atom. The zero-order valence-electron chi connectivity index (χ0n) is 15.5. The van der Waals surface area contributed by atoms with Crippen molar-refractivity contribution in [2.24, 2.45) is 17.8 Å². The molecule has 0 aromatic rings. The van der Waals surface area contributed by atoms with E-state index in [1.807, 2.05) is 0 Å². The van der Waals surface area contributed by atoms with E-state index in [4.69, 9.17) is 0 Å². The molecule has 0 bridgehead atoms. The molecule has 0 aromatic carbocycles. The summed E-state index contributed by atoms with van der Waals surface area (Å²) in [5.41, 5.74) is 0.169. The highest BCUT2D eigenvalue weighted by atomic mass is 31.1. The zero-order valence-corrected chi connectivity index (χ0v) is 16.4. The van der Waals surface area contributed by atoms with E-state index in [0.717, 1.165) is 77.0 Å². The molecule has 0 heterocycles. The molecule has 0 atom stereocenters. The number of carbonyl (C=O) groups excluding carboxylic acids is 3. The summed E-state index contributed by atoms with van der Waals surface area (Å²) < 4.78 is 0. The first kappa shape index (κ1) is 19.2. The molecule has 3 fully saturated rings. The summed E-state index contributed by atoms with van der Waals surface area (Å²) in [7, 11) is -1.73. The van der Waals surface area contributed by atoms with Crippen LogP contribution in [0.2, 0.25) is 0 Å². The molecule has 3 aliphatic rings. The second-order valence-electron chi connectivity index (χ2n) is 8.35. The number of hydrogen-bond donors (Lipinski definition) is 0. The average Bonchev–Trinajstić information content (AvgIpc) is 2.70. The third-order valence-electron chi connectivity index (χ3n) is 6.52. The number of hydrogen-bond acceptors (Lipinski definition) is 3. The van der Waals surface area contributed by atoms with Gasteiger partial charge in [-0.2, -0.15) is 0 Å². The summed E-state index contributed by atoms with van der Waals surface area (Å²) >= 11 is 0. The van der Waals surface area contributed by atoms with E-state index in [1.54, 1.807) is 0 Å². The van der Waals surface area contributed by atoms with Gasteiger partial charge in [0.05, 0.1) is 0 Å². The molecule has 3 saturated carbocycles. The summed E-state index contributed by atoms with van der Waals surface area (Å²) in [4.78, 5) is 39.8. The van der Waals surface area contributed by atoms with E-state index < -0.39 is 7.92 Å². The summed E-state index contributed by atoms with van der Waals surface area (Å²) in [5, 5.41) is 0. The van der Waals surface area contributed by atoms with E-state index in [9.17, 15) is 14.4 Å². The molecule has 0 saturated heterocycles. The average molecular weight is 364 g/mol. The molecular weight excluding hydrogens is 331 g/mol. The van der Waals surface area contributed by atoms with Crippen molar-refractivity contribution in [2.45, 2.75) is 96.3 Å². The molecule has 3 nitrogen and oxygen atoms in total. The zero-order chi connectivity index (χ0) is 17.6. The predicted molar refractivity (Wildman–Crippen MR) is 102 cm³/mol. The van der Waals surface area contributed by atoms with Gasteiger partial charge in [0.1, 0.15) is 7.92 Å². The van der Waals surface area contributed by atoms with Gasteiger partial charge in [0.2, 0.25) is 0 Å². The van der Waals surface area contributed by atoms with Gasteiger partial charge in [0, 0.05) is 17.8 Å². The van der Waals surface area contributed by atoms with Crippen LogP contribution in [0.5, 0.6) is 0 Å². The van der Waals surface area contributed by atoms with Crippen LogP contribution in [0.15, 0.2) is 0 Å². The van der Waals surface area contributed by atoms with Crippen molar-refractivity contribution in [3.63, 3.8) is 0 Å². The smallest absolute Gasteiger partial charge is 0.172 e. The molecule has 140 valence electrons. The molecule has 0 unspecified atom stereocenters. The first-order valence-electron chi connectivity index (χ1n) is 10.6. The maximum absolute atomic E-state index is 13.3. The van der Waals surface area contributed by atoms with E-state index in [-0.39, 0.29) is 34.3 Å². The van der Waals surface area contributed by atoms with E-state index in [0.29, 0.717) is 0 Å². The molecule has 0 amide bonds. The lowest BCUT2D eigenvalue weighted by Crippen LogP contribution is -2.29. The molecule has 0 N–H and O–H groups in total. The van der Waals surface area contributed by atoms with Crippen molar-refractivity contribution < 1.29 is 14.4 Å². The van der Waals surface area contributed by atoms with E-state index in [1.165, 1.54) is 19.3 Å². The van der Waals surface area contributed by atoms with Crippen molar-refractivity contribution in [1.82, 2.24) is 0 Å². The first-order chi connectivity index (χ1) is 12.2. The Hall–Kier alpha value is -0.560. The minimum atomic E-state index is -1.73. The fourth-order valence-corrected chi connectivity index (χ4v) is 7.44. The predicted octanol–water partition coefficient (Wildman–Crippen LogP) is 5.79. The Bertz CT molecular complexity index is 412. The van der Waals surface area contributed by atoms with Crippen LogP contribution in [0.3, 0.4) is 0 Å². The molecule has 3 rings (SSSR count). The Kier molecular flexibility index (Phi) is 7.22. The Labute approximate surface area is 153 Å². The Morgan fingerprint density at radius 2 is 0.680 bits per heavy atom. The van der Waals surface area contributed by atoms with E-state index >= 15 is 0 Å². The van der Waals surface area contributed by atoms with Crippen LogP contribution in [0.4, 0.5) is 0 Å². The topological polar surface area (TPSA) is 51.2 Å². The van der Waals surface area contributed by atoms with Gasteiger partial charge < -0.3 is 0 Å². The number of rotatable bonds is 6. The molecule has 3 aliphatic carbocycles. The van der Waals surface area contributed by atoms with Crippen LogP contribution in [0.25, 0.3) is 0 Å². The lowest BCUT2D eigenvalue weighted by Gasteiger charge is -2.30. The van der Waals surface area contributed by atoms with Gasteiger partial charge in [0.25, 0.3) is 0 Å². The highest BCUT2D eigenvalue weighted by Gasteiger charge is 2.43. The molecular formula is C21H33O3P. The lowest BCUT2D eigenvalue weighted by atomic mass is 9.90. The first-order valence-corrected chi connectivity index (χ1v) is 11.9. The van der Waals surface area contributed by atoms with Gasteiger partial charge in [-0.1, -0.05) is 57.8 Å². The Balaban J connectivity index is 1.77. The van der Waals surface area contributed by atoms with Crippen molar-refractivity contribution >= 4 is 24.5 Å². The van der Waals surface area contributed by atoms with Crippen LogP contribution >= 0.6 is 7.92 Å². The van der Waals surface area contributed by atoms with Gasteiger partial charge in [-0.25, -0.2) is 0 Å². The summed E-state index contributed by atoms with van der Waals surface area (Å²) in [6, 6.07) is 0. The van der Waals surface area contributed by atoms with Gasteiger partial charge in [-0.15, -0.1) is 0 Å². The van der Waals surface area contributed by atoms with Crippen LogP contribution < -0.4 is 0 Å². The summed E-state index contributed by atoms with van der Waals surface area (Å²) in [5.74, 6) is -0.0418. The van der Waals surface area contributed by atoms with Crippen molar-refractivity contribution in [3.8, 4) is 0 Å². The number of carbonyl (C=O) groups is 3. The van der Waals surface area contributed by atoms with Crippen LogP contribution in [0, 0.1) is 17.8 Å². The third kappa shape index (κ3) is 4.79. The van der Waals surface area contributed by atoms with Gasteiger partial charge in [-0.3, -0.25) is 14.4 Å². The highest BCUT2D eigenvalue weighted by Crippen LogP contribution is 2.51. The minimum Gasteiger partial charge on any atom is -0.293 e. The second kappa shape index (κ2) is 9.40. The molecule has 0 aliphatic heterocycles. The van der Waals surface area contributed by atoms with Crippen LogP contribution in [-0.2, 0) is 14.4 Å². The van der Waals surface area contributed by atoms with Gasteiger partial charge >= 0.3 is 0 Å². The van der Waals surface area contributed by atoms with Crippen molar-refractivity contribution in [1.29, 1.82) is 0 Å². The largest absolute Gasteiger partial charge is 0.293 e. The maximum atomic E-state index is 13.3.